The van der Waals surface area contributed by atoms with Crippen molar-refractivity contribution in [3.8, 4) is 5.75 Å². The Bertz CT molecular complexity index is 625. The van der Waals surface area contributed by atoms with E-state index in [1.54, 1.807) is 22.9 Å². The summed E-state index contributed by atoms with van der Waals surface area (Å²) in [6.45, 7) is 1.78. The van der Waals surface area contributed by atoms with Crippen molar-refractivity contribution in [1.29, 1.82) is 0 Å². The number of rotatable bonds is 6. The van der Waals surface area contributed by atoms with Crippen LogP contribution in [0.1, 0.15) is 5.56 Å². The molecule has 0 amide bonds. The van der Waals surface area contributed by atoms with Gasteiger partial charge in [0.1, 0.15) is 12.4 Å². The van der Waals surface area contributed by atoms with Gasteiger partial charge < -0.3 is 14.6 Å². The Labute approximate surface area is 126 Å². The fraction of sp³-hybridized carbons (Fsp3) is 0.267. The largest absolute Gasteiger partial charge is 0.492 e. The van der Waals surface area contributed by atoms with Crippen LogP contribution in [0, 0.1) is 0 Å². The minimum absolute atomic E-state index is 0.0113. The summed E-state index contributed by atoms with van der Waals surface area (Å²) < 4.78 is 8.39. The molecule has 1 N–H and O–H groups in total. The number of pyridine rings is 1. The number of hydrogen-bond donors (Lipinski definition) is 1. The van der Waals surface area contributed by atoms with Gasteiger partial charge in [0.05, 0.1) is 6.54 Å². The average molecular weight is 337 g/mol. The average Bonchev–Trinajstić information content (AvgIpc) is 2.45. The van der Waals surface area contributed by atoms with E-state index in [1.807, 2.05) is 31.3 Å². The Hall–Kier alpha value is -1.59. The number of halogens is 1. The van der Waals surface area contributed by atoms with Gasteiger partial charge in [0, 0.05) is 23.3 Å². The Morgan fingerprint density at radius 2 is 2.15 bits per heavy atom. The van der Waals surface area contributed by atoms with Gasteiger partial charge in [-0.1, -0.05) is 22.0 Å². The molecule has 0 bridgehead atoms. The highest BCUT2D eigenvalue weighted by atomic mass is 79.9. The zero-order chi connectivity index (χ0) is 14.4. The van der Waals surface area contributed by atoms with Crippen molar-refractivity contribution in [2.45, 2.75) is 13.1 Å². The minimum Gasteiger partial charge on any atom is -0.492 e. The lowest BCUT2D eigenvalue weighted by Crippen LogP contribution is -2.21. The summed E-state index contributed by atoms with van der Waals surface area (Å²) >= 11 is 3.50. The molecule has 0 saturated heterocycles. The third kappa shape index (κ3) is 3.95. The van der Waals surface area contributed by atoms with E-state index in [0.717, 1.165) is 22.3 Å². The second kappa shape index (κ2) is 7.26. The highest BCUT2D eigenvalue weighted by Crippen LogP contribution is 2.22. The number of benzene rings is 1. The first kappa shape index (κ1) is 14.8. The van der Waals surface area contributed by atoms with Crippen molar-refractivity contribution >= 4 is 15.9 Å². The summed E-state index contributed by atoms with van der Waals surface area (Å²) in [5.41, 5.74) is 1.13. The fourth-order valence-corrected chi connectivity index (χ4v) is 2.26. The molecule has 1 heterocycles. The molecule has 0 aliphatic heterocycles. The zero-order valence-corrected chi connectivity index (χ0v) is 12.9. The Kier molecular flexibility index (Phi) is 5.38. The van der Waals surface area contributed by atoms with Gasteiger partial charge in [-0.15, -0.1) is 0 Å². The fourth-order valence-electron chi connectivity index (χ4n) is 1.87. The van der Waals surface area contributed by atoms with Crippen molar-refractivity contribution in [1.82, 2.24) is 9.88 Å². The highest BCUT2D eigenvalue weighted by molar-refractivity contribution is 9.10. The van der Waals surface area contributed by atoms with Crippen LogP contribution in [0.4, 0.5) is 0 Å². The SMILES string of the molecule is CNCc1cc(OCCn2ccccc2=O)ccc1Br. The van der Waals surface area contributed by atoms with E-state index in [2.05, 4.69) is 21.2 Å². The molecule has 5 heteroatoms. The molecule has 20 heavy (non-hydrogen) atoms. The Balaban J connectivity index is 1.96. The molecule has 2 rings (SSSR count). The van der Waals surface area contributed by atoms with Gasteiger partial charge in [0.25, 0.3) is 5.56 Å². The molecule has 0 aliphatic carbocycles. The number of nitrogens with one attached hydrogen (secondary N) is 1. The van der Waals surface area contributed by atoms with Crippen LogP contribution in [-0.4, -0.2) is 18.2 Å². The molecule has 0 radical (unpaired) electrons. The predicted octanol–water partition coefficient (Wildman–Crippen LogP) is 2.41. The molecule has 1 aromatic carbocycles. The molecule has 0 fully saturated rings. The van der Waals surface area contributed by atoms with Crippen molar-refractivity contribution in [2.24, 2.45) is 0 Å². The van der Waals surface area contributed by atoms with Crippen LogP contribution in [0.15, 0.2) is 51.9 Å². The molecule has 4 nitrogen and oxygen atoms in total. The molecule has 0 spiro atoms. The van der Waals surface area contributed by atoms with Crippen LogP contribution in [0.25, 0.3) is 0 Å². The first-order chi connectivity index (χ1) is 9.70. The van der Waals surface area contributed by atoms with Gasteiger partial charge in [-0.2, -0.15) is 0 Å². The molecule has 0 aliphatic rings. The topological polar surface area (TPSA) is 43.3 Å². The normalized spacial score (nSPS) is 10.5. The quantitative estimate of drug-likeness (QED) is 0.880. The van der Waals surface area contributed by atoms with Crippen LogP contribution >= 0.6 is 15.9 Å². The lowest BCUT2D eigenvalue weighted by Gasteiger charge is -2.10. The number of ether oxygens (including phenoxy) is 1. The van der Waals surface area contributed by atoms with E-state index < -0.39 is 0 Å². The van der Waals surface area contributed by atoms with Crippen LogP contribution in [-0.2, 0) is 13.1 Å². The van der Waals surface area contributed by atoms with Gasteiger partial charge in [-0.05, 0) is 36.9 Å². The van der Waals surface area contributed by atoms with Crippen molar-refractivity contribution in [3.63, 3.8) is 0 Å². The maximum atomic E-state index is 11.5. The van der Waals surface area contributed by atoms with E-state index >= 15 is 0 Å². The zero-order valence-electron chi connectivity index (χ0n) is 11.3. The Morgan fingerprint density at radius 3 is 2.90 bits per heavy atom. The van der Waals surface area contributed by atoms with E-state index in [4.69, 9.17) is 4.74 Å². The van der Waals surface area contributed by atoms with Crippen molar-refractivity contribution < 1.29 is 4.74 Å². The Morgan fingerprint density at radius 1 is 1.30 bits per heavy atom. The predicted molar refractivity (Wildman–Crippen MR) is 83.1 cm³/mol. The summed E-state index contributed by atoms with van der Waals surface area (Å²) in [4.78, 5) is 11.5. The lowest BCUT2D eigenvalue weighted by molar-refractivity contribution is 0.296. The minimum atomic E-state index is -0.0113. The van der Waals surface area contributed by atoms with Gasteiger partial charge in [-0.3, -0.25) is 4.79 Å². The van der Waals surface area contributed by atoms with Crippen LogP contribution in [0.2, 0.25) is 0 Å². The molecule has 106 valence electrons. The second-order valence-corrected chi connectivity index (χ2v) is 5.22. The first-order valence-electron chi connectivity index (χ1n) is 6.42. The van der Waals surface area contributed by atoms with E-state index in [1.165, 1.54) is 0 Å². The summed E-state index contributed by atoms with van der Waals surface area (Å²) in [7, 11) is 1.90. The van der Waals surface area contributed by atoms with Crippen molar-refractivity contribution in [2.75, 3.05) is 13.7 Å². The van der Waals surface area contributed by atoms with Crippen LogP contribution in [0.5, 0.6) is 5.75 Å². The number of aromatic nitrogens is 1. The third-order valence-electron chi connectivity index (χ3n) is 2.88. The third-order valence-corrected chi connectivity index (χ3v) is 3.66. The summed E-state index contributed by atoms with van der Waals surface area (Å²) in [5, 5.41) is 3.11. The lowest BCUT2D eigenvalue weighted by atomic mass is 10.2. The molecular formula is C15H17BrN2O2. The molecule has 0 atom stereocenters. The summed E-state index contributed by atoms with van der Waals surface area (Å²) in [6, 6.07) is 11.0. The van der Waals surface area contributed by atoms with Crippen LogP contribution in [0.3, 0.4) is 0 Å². The van der Waals surface area contributed by atoms with Gasteiger partial charge in [0.15, 0.2) is 0 Å². The van der Waals surface area contributed by atoms with E-state index in [-0.39, 0.29) is 5.56 Å². The van der Waals surface area contributed by atoms with Crippen molar-refractivity contribution in [3.05, 3.63) is 63.0 Å². The molecule has 1 aromatic heterocycles. The van der Waals surface area contributed by atoms with Gasteiger partial charge in [0.2, 0.25) is 0 Å². The number of nitrogens with zero attached hydrogens (tertiary/aromatic N) is 1. The number of hydrogen-bond acceptors (Lipinski definition) is 3. The standard InChI is InChI=1S/C15H17BrN2O2/c1-17-11-12-10-13(5-6-14(12)16)20-9-8-18-7-3-2-4-15(18)19/h2-7,10,17H,8-9,11H2,1H3. The second-order valence-electron chi connectivity index (χ2n) is 4.36. The van der Waals surface area contributed by atoms with E-state index in [9.17, 15) is 4.79 Å². The molecule has 0 saturated carbocycles. The van der Waals surface area contributed by atoms with Crippen LogP contribution < -0.4 is 15.6 Å². The summed E-state index contributed by atoms with van der Waals surface area (Å²) in [6.07, 6.45) is 1.76. The highest BCUT2D eigenvalue weighted by Gasteiger charge is 2.02. The monoisotopic (exact) mass is 336 g/mol. The first-order valence-corrected chi connectivity index (χ1v) is 7.21. The maximum Gasteiger partial charge on any atom is 0.250 e. The smallest absolute Gasteiger partial charge is 0.250 e. The molecule has 0 unspecified atom stereocenters. The molecule has 2 aromatic rings. The summed E-state index contributed by atoms with van der Waals surface area (Å²) in [5.74, 6) is 0.808. The maximum absolute atomic E-state index is 11.5. The van der Waals surface area contributed by atoms with Gasteiger partial charge in [-0.25, -0.2) is 0 Å². The van der Waals surface area contributed by atoms with Gasteiger partial charge >= 0.3 is 0 Å². The van der Waals surface area contributed by atoms with E-state index in [0.29, 0.717) is 13.2 Å². The molecular weight excluding hydrogens is 320 g/mol.